The fourth-order valence-corrected chi connectivity index (χ4v) is 4.63. The van der Waals surface area contributed by atoms with Crippen LogP contribution in [0.2, 0.25) is 0 Å². The van der Waals surface area contributed by atoms with Gasteiger partial charge < -0.3 is 9.84 Å². The lowest BCUT2D eigenvalue weighted by atomic mass is 10.2. The summed E-state index contributed by atoms with van der Waals surface area (Å²) in [6, 6.07) is 2.43. The SMILES string of the molecule is COC(=O)[C@@H](C)N1C(=O)S/C(=C/c2cc(I)c(O)c(I)c2)C1=O. The molecule has 1 aliphatic heterocycles. The molecular formula is C14H11I2NO5S. The topological polar surface area (TPSA) is 83.9 Å². The molecule has 0 bridgehead atoms. The molecule has 0 unspecified atom stereocenters. The number of imide groups is 1. The van der Waals surface area contributed by atoms with Gasteiger partial charge in [-0.15, -0.1) is 0 Å². The number of hydrogen-bond donors (Lipinski definition) is 1. The normalized spacial score (nSPS) is 17.7. The number of phenolic OH excluding ortho intramolecular Hbond substituents is 1. The van der Waals surface area contributed by atoms with E-state index in [1.54, 1.807) is 18.2 Å². The van der Waals surface area contributed by atoms with Crippen molar-refractivity contribution < 1.29 is 24.2 Å². The third-order valence-electron chi connectivity index (χ3n) is 3.09. The highest BCUT2D eigenvalue weighted by Gasteiger charge is 2.41. The Labute approximate surface area is 163 Å². The highest BCUT2D eigenvalue weighted by atomic mass is 127. The van der Waals surface area contributed by atoms with Crippen LogP contribution in [0.5, 0.6) is 5.75 Å². The van der Waals surface area contributed by atoms with Crippen LogP contribution >= 0.6 is 56.9 Å². The van der Waals surface area contributed by atoms with Gasteiger partial charge >= 0.3 is 5.97 Å². The number of ether oxygens (including phenoxy) is 1. The first-order chi connectivity index (χ1) is 10.8. The third-order valence-corrected chi connectivity index (χ3v) is 5.62. The number of halogens is 2. The molecule has 1 heterocycles. The molecule has 2 rings (SSSR count). The Morgan fingerprint density at radius 3 is 2.43 bits per heavy atom. The molecule has 6 nitrogen and oxygen atoms in total. The number of carbonyl (C=O) groups is 3. The van der Waals surface area contributed by atoms with E-state index in [-0.39, 0.29) is 10.7 Å². The Morgan fingerprint density at radius 1 is 1.35 bits per heavy atom. The standard InChI is InChI=1S/C14H11I2NO5S/c1-6(13(20)22-2)17-12(19)10(23-14(17)21)5-7-3-8(15)11(18)9(16)4-7/h3-6,18H,1-2H3/b10-5+/t6-/m1/s1. The largest absolute Gasteiger partial charge is 0.506 e. The molecule has 1 fully saturated rings. The minimum atomic E-state index is -0.974. The zero-order chi connectivity index (χ0) is 17.3. The van der Waals surface area contributed by atoms with Crippen molar-refractivity contribution in [1.29, 1.82) is 0 Å². The van der Waals surface area contributed by atoms with Crippen molar-refractivity contribution >= 4 is 80.1 Å². The molecular weight excluding hydrogens is 548 g/mol. The number of esters is 1. The van der Waals surface area contributed by atoms with Gasteiger partial charge in [0, 0.05) is 0 Å². The van der Waals surface area contributed by atoms with E-state index in [1.807, 2.05) is 45.2 Å². The second kappa shape index (κ2) is 7.38. The monoisotopic (exact) mass is 559 g/mol. The number of thioether (sulfide) groups is 1. The van der Waals surface area contributed by atoms with E-state index in [1.165, 1.54) is 14.0 Å². The maximum atomic E-state index is 12.4. The number of amides is 2. The Kier molecular flexibility index (Phi) is 5.94. The maximum Gasteiger partial charge on any atom is 0.328 e. The molecule has 1 aromatic rings. The lowest BCUT2D eigenvalue weighted by Crippen LogP contribution is -2.42. The van der Waals surface area contributed by atoms with E-state index < -0.39 is 23.2 Å². The lowest BCUT2D eigenvalue weighted by Gasteiger charge is -2.18. The van der Waals surface area contributed by atoms with Gasteiger partial charge in [-0.1, -0.05) is 0 Å². The molecule has 0 aliphatic carbocycles. The van der Waals surface area contributed by atoms with Gasteiger partial charge in [-0.25, -0.2) is 4.79 Å². The molecule has 0 radical (unpaired) electrons. The second-order valence-corrected chi connectivity index (χ2v) is 7.90. The summed E-state index contributed by atoms with van der Waals surface area (Å²) in [4.78, 5) is 37.1. The van der Waals surface area contributed by atoms with Gasteiger partial charge in [0.15, 0.2) is 0 Å². The van der Waals surface area contributed by atoms with Crippen molar-refractivity contribution in [2.45, 2.75) is 13.0 Å². The third kappa shape index (κ3) is 3.82. The predicted molar refractivity (Wildman–Crippen MR) is 103 cm³/mol. The fraction of sp³-hybridized carbons (Fsp3) is 0.214. The minimum absolute atomic E-state index is 0.177. The zero-order valence-electron chi connectivity index (χ0n) is 12.0. The van der Waals surface area contributed by atoms with Crippen LogP contribution in [-0.4, -0.2) is 40.3 Å². The number of rotatable bonds is 3. The summed E-state index contributed by atoms with van der Waals surface area (Å²) in [6.45, 7) is 1.44. The Morgan fingerprint density at radius 2 is 1.91 bits per heavy atom. The quantitative estimate of drug-likeness (QED) is 0.348. The van der Waals surface area contributed by atoms with Crippen LogP contribution in [0.4, 0.5) is 4.79 Å². The molecule has 122 valence electrons. The predicted octanol–water partition coefficient (Wildman–Crippen LogP) is 3.20. The van der Waals surface area contributed by atoms with Crippen LogP contribution in [0.15, 0.2) is 17.0 Å². The summed E-state index contributed by atoms with van der Waals surface area (Å²) >= 11 is 4.74. The van der Waals surface area contributed by atoms with E-state index in [9.17, 15) is 19.5 Å². The van der Waals surface area contributed by atoms with Gasteiger partial charge in [0.05, 0.1) is 19.2 Å². The highest BCUT2D eigenvalue weighted by molar-refractivity contribution is 14.1. The molecule has 9 heteroatoms. The highest BCUT2D eigenvalue weighted by Crippen LogP contribution is 2.35. The number of aromatic hydroxyl groups is 1. The maximum absolute atomic E-state index is 12.4. The summed E-state index contributed by atoms with van der Waals surface area (Å²) < 4.78 is 5.86. The number of methoxy groups -OCH3 is 1. The lowest BCUT2D eigenvalue weighted by molar-refractivity contribution is -0.148. The Bertz CT molecular complexity index is 711. The van der Waals surface area contributed by atoms with Crippen molar-refractivity contribution in [3.8, 4) is 5.75 Å². The van der Waals surface area contributed by atoms with Crippen LogP contribution in [-0.2, 0) is 14.3 Å². The van der Waals surface area contributed by atoms with Gasteiger partial charge in [-0.3, -0.25) is 14.5 Å². The van der Waals surface area contributed by atoms with Crippen molar-refractivity contribution in [3.63, 3.8) is 0 Å². The molecule has 23 heavy (non-hydrogen) atoms. The van der Waals surface area contributed by atoms with E-state index in [4.69, 9.17) is 0 Å². The van der Waals surface area contributed by atoms with E-state index in [0.717, 1.165) is 16.7 Å². The van der Waals surface area contributed by atoms with Crippen LogP contribution in [0.1, 0.15) is 12.5 Å². The average molecular weight is 559 g/mol. The summed E-state index contributed by atoms with van der Waals surface area (Å²) in [5.74, 6) is -1.01. The van der Waals surface area contributed by atoms with E-state index in [0.29, 0.717) is 12.7 Å². The number of benzene rings is 1. The van der Waals surface area contributed by atoms with Gasteiger partial charge in [-0.05, 0) is 87.6 Å². The van der Waals surface area contributed by atoms with Gasteiger partial charge in [0.1, 0.15) is 11.8 Å². The Hall–Kier alpha value is -0.820. The molecule has 0 spiro atoms. The number of carbonyl (C=O) groups excluding carboxylic acids is 3. The van der Waals surface area contributed by atoms with Crippen LogP contribution in [0, 0.1) is 7.14 Å². The Balaban J connectivity index is 2.34. The van der Waals surface area contributed by atoms with Crippen LogP contribution < -0.4 is 0 Å². The van der Waals surface area contributed by atoms with Gasteiger partial charge in [0.25, 0.3) is 11.1 Å². The van der Waals surface area contributed by atoms with Crippen LogP contribution in [0.3, 0.4) is 0 Å². The van der Waals surface area contributed by atoms with Crippen molar-refractivity contribution in [2.24, 2.45) is 0 Å². The molecule has 1 N–H and O–H groups in total. The summed E-state index contributed by atoms with van der Waals surface area (Å²) in [7, 11) is 1.20. The van der Waals surface area contributed by atoms with E-state index in [2.05, 4.69) is 4.74 Å². The van der Waals surface area contributed by atoms with Gasteiger partial charge in [-0.2, -0.15) is 0 Å². The summed E-state index contributed by atoms with van der Waals surface area (Å²) in [5, 5.41) is 9.26. The molecule has 1 aliphatic rings. The molecule has 1 atom stereocenters. The first kappa shape index (κ1) is 18.5. The molecule has 2 amide bonds. The van der Waals surface area contributed by atoms with E-state index >= 15 is 0 Å². The average Bonchev–Trinajstić information content (AvgIpc) is 2.77. The molecule has 0 saturated carbocycles. The van der Waals surface area contributed by atoms with Crippen molar-refractivity contribution in [1.82, 2.24) is 4.90 Å². The smallest absolute Gasteiger partial charge is 0.328 e. The molecule has 0 aromatic heterocycles. The summed E-state index contributed by atoms with van der Waals surface area (Å²) in [5.41, 5.74) is 0.688. The number of nitrogens with zero attached hydrogens (tertiary/aromatic N) is 1. The van der Waals surface area contributed by atoms with Gasteiger partial charge in [0.2, 0.25) is 0 Å². The number of hydrogen-bond acceptors (Lipinski definition) is 6. The van der Waals surface area contributed by atoms with Crippen molar-refractivity contribution in [3.05, 3.63) is 29.7 Å². The van der Waals surface area contributed by atoms with Crippen LogP contribution in [0.25, 0.3) is 6.08 Å². The molecule has 1 saturated heterocycles. The second-order valence-electron chi connectivity index (χ2n) is 4.58. The van der Waals surface area contributed by atoms with Crippen molar-refractivity contribution in [2.75, 3.05) is 7.11 Å². The minimum Gasteiger partial charge on any atom is -0.506 e. The zero-order valence-corrected chi connectivity index (χ0v) is 17.1. The number of phenols is 1. The first-order valence-electron chi connectivity index (χ1n) is 6.29. The first-order valence-corrected chi connectivity index (χ1v) is 9.26. The molecule has 1 aromatic carbocycles. The fourth-order valence-electron chi connectivity index (χ4n) is 1.91. The summed E-state index contributed by atoms with van der Waals surface area (Å²) in [6.07, 6.45) is 1.57.